The number of nitrogens with one attached hydrogen (secondary N) is 2. The highest BCUT2D eigenvalue weighted by Gasteiger charge is 2.24. The Morgan fingerprint density at radius 3 is 2.89 bits per heavy atom. The van der Waals surface area contributed by atoms with Gasteiger partial charge in [0.15, 0.2) is 5.82 Å². The molecule has 1 amide bonds. The highest BCUT2D eigenvalue weighted by Crippen LogP contribution is 2.31. The van der Waals surface area contributed by atoms with E-state index in [9.17, 15) is 9.90 Å². The number of phenolic OH excluding ortho intramolecular Hbond substituents is 1. The van der Waals surface area contributed by atoms with Crippen LogP contribution >= 0.6 is 0 Å². The SMILES string of the molecule is CC(NC(=O)c1cc(-c2ccccc2O)n[nH]1)c1nncn1C1CCCC1. The second-order valence-electron chi connectivity index (χ2n) is 6.91. The number of phenols is 1. The van der Waals surface area contributed by atoms with Crippen LogP contribution in [0.5, 0.6) is 5.75 Å². The van der Waals surface area contributed by atoms with Gasteiger partial charge in [-0.25, -0.2) is 0 Å². The van der Waals surface area contributed by atoms with Gasteiger partial charge in [-0.15, -0.1) is 10.2 Å². The predicted octanol–water partition coefficient (Wildman–Crippen LogP) is 2.98. The topological polar surface area (TPSA) is 109 Å². The number of hydrogen-bond donors (Lipinski definition) is 3. The lowest BCUT2D eigenvalue weighted by atomic mass is 10.1. The summed E-state index contributed by atoms with van der Waals surface area (Å²) in [5, 5.41) is 28.0. The Kier molecular flexibility index (Phi) is 4.62. The van der Waals surface area contributed by atoms with Gasteiger partial charge in [0.25, 0.3) is 5.91 Å². The number of hydrogen-bond acceptors (Lipinski definition) is 5. The maximum Gasteiger partial charge on any atom is 0.269 e. The molecule has 0 spiro atoms. The van der Waals surface area contributed by atoms with Crippen LogP contribution in [0.2, 0.25) is 0 Å². The lowest BCUT2D eigenvalue weighted by molar-refractivity contribution is 0.0932. The van der Waals surface area contributed by atoms with E-state index in [0.29, 0.717) is 23.0 Å². The number of rotatable bonds is 5. The van der Waals surface area contributed by atoms with Crippen LogP contribution in [0.3, 0.4) is 0 Å². The molecule has 1 unspecified atom stereocenters. The van der Waals surface area contributed by atoms with E-state index >= 15 is 0 Å². The van der Waals surface area contributed by atoms with Gasteiger partial charge < -0.3 is 15.0 Å². The molecule has 1 aliphatic carbocycles. The molecular weight excluding hydrogens is 344 g/mol. The van der Waals surface area contributed by atoms with E-state index in [2.05, 4.69) is 30.3 Å². The first kappa shape index (κ1) is 17.3. The molecule has 2 heterocycles. The van der Waals surface area contributed by atoms with E-state index in [1.165, 1.54) is 12.8 Å². The van der Waals surface area contributed by atoms with Crippen LogP contribution in [0.25, 0.3) is 11.3 Å². The van der Waals surface area contributed by atoms with Crippen molar-refractivity contribution >= 4 is 5.91 Å². The summed E-state index contributed by atoms with van der Waals surface area (Å²) in [6, 6.07) is 8.63. The summed E-state index contributed by atoms with van der Waals surface area (Å²) in [5.74, 6) is 0.599. The largest absolute Gasteiger partial charge is 0.507 e. The van der Waals surface area contributed by atoms with Crippen LogP contribution in [-0.4, -0.2) is 36.0 Å². The summed E-state index contributed by atoms with van der Waals surface area (Å²) in [5.41, 5.74) is 1.41. The zero-order valence-electron chi connectivity index (χ0n) is 15.1. The molecular formula is C19H22N6O2. The quantitative estimate of drug-likeness (QED) is 0.643. The first-order valence-corrected chi connectivity index (χ1v) is 9.17. The van der Waals surface area contributed by atoms with Crippen LogP contribution in [0.4, 0.5) is 0 Å². The highest BCUT2D eigenvalue weighted by atomic mass is 16.3. The minimum atomic E-state index is -0.280. The zero-order valence-corrected chi connectivity index (χ0v) is 15.1. The van der Waals surface area contributed by atoms with Crippen LogP contribution < -0.4 is 5.32 Å². The molecule has 140 valence electrons. The lowest BCUT2D eigenvalue weighted by Gasteiger charge is -2.18. The fourth-order valence-electron chi connectivity index (χ4n) is 3.63. The van der Waals surface area contributed by atoms with Gasteiger partial charge in [0.1, 0.15) is 17.8 Å². The third kappa shape index (κ3) is 3.42. The molecule has 4 rings (SSSR count). The summed E-state index contributed by atoms with van der Waals surface area (Å²) in [6.07, 6.45) is 6.42. The van der Waals surface area contributed by atoms with Crippen molar-refractivity contribution in [3.8, 4) is 17.0 Å². The molecule has 27 heavy (non-hydrogen) atoms. The van der Waals surface area contributed by atoms with Crippen molar-refractivity contribution in [3.63, 3.8) is 0 Å². The third-order valence-electron chi connectivity index (χ3n) is 5.06. The fraction of sp³-hybridized carbons (Fsp3) is 0.368. The van der Waals surface area contributed by atoms with E-state index in [1.54, 1.807) is 36.7 Å². The van der Waals surface area contributed by atoms with Crippen molar-refractivity contribution in [3.05, 3.63) is 48.2 Å². The molecule has 0 aliphatic heterocycles. The molecule has 3 aromatic rings. The molecule has 2 aromatic heterocycles. The average Bonchev–Trinajstić information content (AvgIpc) is 3.41. The van der Waals surface area contributed by atoms with E-state index < -0.39 is 0 Å². The summed E-state index contributed by atoms with van der Waals surface area (Å²) < 4.78 is 2.08. The summed E-state index contributed by atoms with van der Waals surface area (Å²) >= 11 is 0. The Balaban J connectivity index is 1.48. The Hall–Kier alpha value is -3.16. The van der Waals surface area contributed by atoms with Crippen molar-refractivity contribution in [2.75, 3.05) is 0 Å². The number of carbonyl (C=O) groups excluding carboxylic acids is 1. The molecule has 1 aromatic carbocycles. The Morgan fingerprint density at radius 2 is 2.11 bits per heavy atom. The van der Waals surface area contributed by atoms with E-state index in [1.807, 2.05) is 6.92 Å². The molecule has 1 atom stereocenters. The normalized spacial score (nSPS) is 15.7. The average molecular weight is 366 g/mol. The predicted molar refractivity (Wildman–Crippen MR) is 99.1 cm³/mol. The highest BCUT2D eigenvalue weighted by molar-refractivity contribution is 5.93. The lowest BCUT2D eigenvalue weighted by Crippen LogP contribution is -2.29. The third-order valence-corrected chi connectivity index (χ3v) is 5.06. The van der Waals surface area contributed by atoms with Gasteiger partial charge in [-0.2, -0.15) is 5.10 Å². The number of H-pyrrole nitrogens is 1. The smallest absolute Gasteiger partial charge is 0.269 e. The zero-order chi connectivity index (χ0) is 18.8. The summed E-state index contributed by atoms with van der Waals surface area (Å²) in [6.45, 7) is 1.90. The van der Waals surface area contributed by atoms with Gasteiger partial charge in [-0.1, -0.05) is 25.0 Å². The van der Waals surface area contributed by atoms with Gasteiger partial charge in [0.05, 0.1) is 11.7 Å². The first-order valence-electron chi connectivity index (χ1n) is 9.17. The van der Waals surface area contributed by atoms with Gasteiger partial charge in [-0.3, -0.25) is 9.89 Å². The maximum atomic E-state index is 12.6. The summed E-state index contributed by atoms with van der Waals surface area (Å²) in [4.78, 5) is 12.6. The minimum absolute atomic E-state index is 0.119. The maximum absolute atomic E-state index is 12.6. The van der Waals surface area contributed by atoms with Gasteiger partial charge >= 0.3 is 0 Å². The Labute approximate surface area is 156 Å². The second kappa shape index (κ2) is 7.22. The Bertz CT molecular complexity index is 941. The van der Waals surface area contributed by atoms with Crippen molar-refractivity contribution in [2.45, 2.75) is 44.7 Å². The monoisotopic (exact) mass is 366 g/mol. The van der Waals surface area contributed by atoms with Gasteiger partial charge in [-0.05, 0) is 38.0 Å². The first-order chi connectivity index (χ1) is 13.1. The van der Waals surface area contributed by atoms with Crippen molar-refractivity contribution in [2.24, 2.45) is 0 Å². The number of aromatic amines is 1. The molecule has 8 nitrogen and oxygen atoms in total. The number of amides is 1. The molecule has 0 bridgehead atoms. The van der Waals surface area contributed by atoms with Crippen LogP contribution in [0, 0.1) is 0 Å². The van der Waals surface area contributed by atoms with E-state index in [-0.39, 0.29) is 17.7 Å². The van der Waals surface area contributed by atoms with Crippen LogP contribution in [-0.2, 0) is 0 Å². The van der Waals surface area contributed by atoms with Gasteiger partial charge in [0.2, 0.25) is 0 Å². The fourth-order valence-corrected chi connectivity index (χ4v) is 3.63. The molecule has 0 radical (unpaired) electrons. The number of aromatic hydroxyl groups is 1. The van der Waals surface area contributed by atoms with Crippen molar-refractivity contribution < 1.29 is 9.90 Å². The molecule has 1 aliphatic rings. The molecule has 0 saturated heterocycles. The van der Waals surface area contributed by atoms with Gasteiger partial charge in [0, 0.05) is 11.6 Å². The van der Waals surface area contributed by atoms with Crippen LogP contribution in [0.15, 0.2) is 36.7 Å². The van der Waals surface area contributed by atoms with Crippen molar-refractivity contribution in [1.29, 1.82) is 0 Å². The number of para-hydroxylation sites is 1. The molecule has 8 heteroatoms. The standard InChI is InChI=1S/C19H22N6O2/c1-12(18-24-20-11-25(18)13-6-2-3-7-13)21-19(27)16-10-15(22-23-16)14-8-4-5-9-17(14)26/h4-5,8-13,26H,2-3,6-7H2,1H3,(H,21,27)(H,22,23). The summed E-state index contributed by atoms with van der Waals surface area (Å²) in [7, 11) is 0. The minimum Gasteiger partial charge on any atom is -0.507 e. The van der Waals surface area contributed by atoms with E-state index in [4.69, 9.17) is 0 Å². The number of carbonyl (C=O) groups is 1. The van der Waals surface area contributed by atoms with Crippen LogP contribution in [0.1, 0.15) is 61.0 Å². The van der Waals surface area contributed by atoms with Crippen molar-refractivity contribution in [1.82, 2.24) is 30.3 Å². The number of benzene rings is 1. The molecule has 3 N–H and O–H groups in total. The van der Waals surface area contributed by atoms with E-state index in [0.717, 1.165) is 18.7 Å². The second-order valence-corrected chi connectivity index (χ2v) is 6.91. The molecule has 1 saturated carbocycles. The molecule has 1 fully saturated rings. The number of aromatic nitrogens is 5. The Morgan fingerprint density at radius 1 is 1.33 bits per heavy atom. The number of nitrogens with zero attached hydrogens (tertiary/aromatic N) is 4.